The van der Waals surface area contributed by atoms with Crippen molar-refractivity contribution in [3.63, 3.8) is 0 Å². The molecular weight excluding hydrogens is 312 g/mol. The van der Waals surface area contributed by atoms with Crippen molar-refractivity contribution in [2.75, 3.05) is 12.4 Å². The molecule has 1 aliphatic carbocycles. The van der Waals surface area contributed by atoms with Crippen LogP contribution in [0.2, 0.25) is 0 Å². The molecule has 0 aliphatic heterocycles. The predicted octanol–water partition coefficient (Wildman–Crippen LogP) is 2.66. The molecule has 5 nitrogen and oxygen atoms in total. The van der Waals surface area contributed by atoms with Gasteiger partial charge >= 0.3 is 5.97 Å². The van der Waals surface area contributed by atoms with Crippen molar-refractivity contribution in [2.45, 2.75) is 42.5 Å². The van der Waals surface area contributed by atoms with E-state index in [0.717, 1.165) is 24.2 Å². The number of amides is 1. The summed E-state index contributed by atoms with van der Waals surface area (Å²) in [5.74, 6) is -0.698. The summed E-state index contributed by atoms with van der Waals surface area (Å²) in [6.45, 7) is -0.336. The molecule has 0 radical (unpaired) electrons. The normalized spacial score (nSPS) is 16.1. The number of nitrogens with one attached hydrogen (secondary N) is 1. The lowest BCUT2D eigenvalue weighted by molar-refractivity contribution is -0.146. The van der Waals surface area contributed by atoms with Crippen LogP contribution in [0.5, 0.6) is 0 Å². The summed E-state index contributed by atoms with van der Waals surface area (Å²) in [6.07, 6.45) is 4.27. The molecule has 0 aromatic heterocycles. The lowest BCUT2D eigenvalue weighted by atomic mass is 9.83. The monoisotopic (exact) mass is 332 g/mol. The van der Waals surface area contributed by atoms with Gasteiger partial charge in [-0.15, -0.1) is 11.8 Å². The van der Waals surface area contributed by atoms with Crippen LogP contribution < -0.4 is 5.32 Å². The van der Waals surface area contributed by atoms with Gasteiger partial charge in [0.2, 0.25) is 0 Å². The van der Waals surface area contributed by atoms with Crippen LogP contribution in [0.1, 0.15) is 32.1 Å². The molecule has 1 aromatic carbocycles. The van der Waals surface area contributed by atoms with Gasteiger partial charge in [0.1, 0.15) is 5.54 Å². The molecule has 1 saturated carbocycles. The van der Waals surface area contributed by atoms with Gasteiger partial charge in [0.15, 0.2) is 6.61 Å². The number of nitrogens with zero attached hydrogens (tertiary/aromatic N) is 1. The quantitative estimate of drug-likeness (QED) is 0.640. The van der Waals surface area contributed by atoms with Crippen LogP contribution >= 0.6 is 11.8 Å². The minimum absolute atomic E-state index is 0.153. The Hall–Kier alpha value is -2.00. The predicted molar refractivity (Wildman–Crippen MR) is 87.7 cm³/mol. The van der Waals surface area contributed by atoms with E-state index < -0.39 is 17.4 Å². The van der Waals surface area contributed by atoms with E-state index in [0.29, 0.717) is 12.8 Å². The second kappa shape index (κ2) is 8.59. The third-order valence-corrected chi connectivity index (χ3v) is 4.75. The van der Waals surface area contributed by atoms with E-state index in [1.165, 1.54) is 11.8 Å². The average Bonchev–Trinajstić information content (AvgIpc) is 2.60. The number of esters is 1. The number of benzene rings is 1. The zero-order valence-electron chi connectivity index (χ0n) is 12.9. The molecule has 23 heavy (non-hydrogen) atoms. The zero-order chi connectivity index (χ0) is 16.5. The number of hydrogen-bond donors (Lipinski definition) is 1. The Morgan fingerprint density at radius 3 is 2.57 bits per heavy atom. The molecule has 1 aromatic rings. The maximum atomic E-state index is 11.9. The fraction of sp³-hybridized carbons (Fsp3) is 0.471. The van der Waals surface area contributed by atoms with E-state index >= 15 is 0 Å². The Morgan fingerprint density at radius 1 is 1.22 bits per heavy atom. The summed E-state index contributed by atoms with van der Waals surface area (Å²) in [5.41, 5.74) is -0.791. The summed E-state index contributed by atoms with van der Waals surface area (Å²) in [7, 11) is 0. The number of ether oxygens (including phenoxy) is 1. The fourth-order valence-corrected chi connectivity index (χ4v) is 3.29. The van der Waals surface area contributed by atoms with Gasteiger partial charge in [-0.25, -0.2) is 0 Å². The van der Waals surface area contributed by atoms with Gasteiger partial charge in [0, 0.05) is 4.90 Å². The van der Waals surface area contributed by atoms with Crippen LogP contribution in [0, 0.1) is 11.3 Å². The van der Waals surface area contributed by atoms with Crippen LogP contribution in [0.4, 0.5) is 0 Å². The smallest absolute Gasteiger partial charge is 0.316 e. The lowest BCUT2D eigenvalue weighted by Crippen LogP contribution is -2.50. The molecule has 122 valence electrons. The second-order valence-corrected chi connectivity index (χ2v) is 6.61. The maximum absolute atomic E-state index is 11.9. The molecule has 1 N–H and O–H groups in total. The van der Waals surface area contributed by atoms with Crippen LogP contribution in [0.15, 0.2) is 35.2 Å². The molecular formula is C17H20N2O3S. The highest BCUT2D eigenvalue weighted by Gasteiger charge is 2.33. The Kier molecular flexibility index (Phi) is 6.48. The Balaban J connectivity index is 1.71. The van der Waals surface area contributed by atoms with Crippen molar-refractivity contribution < 1.29 is 14.3 Å². The molecule has 6 heteroatoms. The molecule has 0 atom stereocenters. The first kappa shape index (κ1) is 17.4. The Morgan fingerprint density at radius 2 is 1.91 bits per heavy atom. The zero-order valence-corrected chi connectivity index (χ0v) is 13.7. The SMILES string of the molecule is N#CC1(NC(=O)COC(=O)CSc2ccccc2)CCCCC1. The van der Waals surface area contributed by atoms with Crippen molar-refractivity contribution in [3.05, 3.63) is 30.3 Å². The number of thioether (sulfide) groups is 1. The summed E-state index contributed by atoms with van der Waals surface area (Å²) >= 11 is 1.36. The highest BCUT2D eigenvalue weighted by molar-refractivity contribution is 8.00. The van der Waals surface area contributed by atoms with Crippen molar-refractivity contribution in [2.24, 2.45) is 0 Å². The summed E-state index contributed by atoms with van der Waals surface area (Å²) < 4.78 is 4.98. The van der Waals surface area contributed by atoms with Crippen molar-refractivity contribution >= 4 is 23.6 Å². The third kappa shape index (κ3) is 5.61. The average molecular weight is 332 g/mol. The second-order valence-electron chi connectivity index (χ2n) is 5.57. The van der Waals surface area contributed by atoms with E-state index in [2.05, 4.69) is 11.4 Å². The van der Waals surface area contributed by atoms with Gasteiger partial charge < -0.3 is 10.1 Å². The molecule has 0 saturated heterocycles. The topological polar surface area (TPSA) is 79.2 Å². The van der Waals surface area contributed by atoms with Crippen molar-refractivity contribution in [1.29, 1.82) is 5.26 Å². The van der Waals surface area contributed by atoms with Gasteiger partial charge in [0.25, 0.3) is 5.91 Å². The number of rotatable bonds is 6. The van der Waals surface area contributed by atoms with Crippen LogP contribution in [0.25, 0.3) is 0 Å². The summed E-state index contributed by atoms with van der Waals surface area (Å²) in [6, 6.07) is 11.7. The number of nitriles is 1. The van der Waals surface area contributed by atoms with Gasteiger partial charge in [-0.3, -0.25) is 9.59 Å². The van der Waals surface area contributed by atoms with Crippen molar-refractivity contribution in [1.82, 2.24) is 5.32 Å². The van der Waals surface area contributed by atoms with Gasteiger partial charge in [-0.1, -0.05) is 37.5 Å². The lowest BCUT2D eigenvalue weighted by Gasteiger charge is -2.31. The standard InChI is InChI=1S/C17H20N2O3S/c18-13-17(9-5-2-6-10-17)19-15(20)11-22-16(21)12-23-14-7-3-1-4-8-14/h1,3-4,7-8H,2,5-6,9-12H2,(H,19,20). The summed E-state index contributed by atoms with van der Waals surface area (Å²) in [4.78, 5) is 24.6. The Bertz CT molecular complexity index is 577. The molecule has 0 heterocycles. The van der Waals surface area contributed by atoms with Gasteiger partial charge in [0.05, 0.1) is 11.8 Å². The number of hydrogen-bond acceptors (Lipinski definition) is 5. The van der Waals surface area contributed by atoms with Crippen LogP contribution in [0.3, 0.4) is 0 Å². The molecule has 1 fully saturated rings. The number of carbonyl (C=O) groups is 2. The maximum Gasteiger partial charge on any atom is 0.316 e. The largest absolute Gasteiger partial charge is 0.455 e. The van der Waals surface area contributed by atoms with E-state index in [1.807, 2.05) is 30.3 Å². The molecule has 0 spiro atoms. The van der Waals surface area contributed by atoms with Crippen LogP contribution in [-0.4, -0.2) is 29.8 Å². The van der Waals surface area contributed by atoms with Gasteiger partial charge in [-0.2, -0.15) is 5.26 Å². The fourth-order valence-electron chi connectivity index (χ4n) is 2.57. The number of carbonyl (C=O) groups excluding carboxylic acids is 2. The molecule has 1 aliphatic rings. The first-order valence-corrected chi connectivity index (χ1v) is 8.68. The molecule has 2 rings (SSSR count). The van der Waals surface area contributed by atoms with E-state index in [9.17, 15) is 14.9 Å². The van der Waals surface area contributed by atoms with Gasteiger partial charge in [-0.05, 0) is 25.0 Å². The van der Waals surface area contributed by atoms with E-state index in [1.54, 1.807) is 0 Å². The summed E-state index contributed by atoms with van der Waals surface area (Å²) in [5, 5.41) is 12.0. The minimum atomic E-state index is -0.791. The van der Waals surface area contributed by atoms with Crippen molar-refractivity contribution in [3.8, 4) is 6.07 Å². The third-order valence-electron chi connectivity index (χ3n) is 3.76. The van der Waals surface area contributed by atoms with E-state index in [-0.39, 0.29) is 12.4 Å². The molecule has 0 unspecified atom stereocenters. The van der Waals surface area contributed by atoms with E-state index in [4.69, 9.17) is 4.74 Å². The first-order valence-electron chi connectivity index (χ1n) is 7.69. The highest BCUT2D eigenvalue weighted by atomic mass is 32.2. The molecule has 0 bridgehead atoms. The minimum Gasteiger partial charge on any atom is -0.455 e. The van der Waals surface area contributed by atoms with Crippen LogP contribution in [-0.2, 0) is 14.3 Å². The highest BCUT2D eigenvalue weighted by Crippen LogP contribution is 2.27. The first-order chi connectivity index (χ1) is 11.1. The molecule has 1 amide bonds. The Labute approximate surface area is 140 Å².